The van der Waals surface area contributed by atoms with Crippen LogP contribution in [0.15, 0.2) is 78.9 Å². The highest BCUT2D eigenvalue weighted by atomic mass is 35.5. The van der Waals surface area contributed by atoms with Crippen LogP contribution >= 0.6 is 11.6 Å². The molecule has 0 aliphatic heterocycles. The molecule has 1 atom stereocenters. The van der Waals surface area contributed by atoms with Crippen molar-refractivity contribution >= 4 is 23.4 Å². The number of carbonyl (C=O) groups excluding carboxylic acids is 2. The zero-order chi connectivity index (χ0) is 22.9. The summed E-state index contributed by atoms with van der Waals surface area (Å²) >= 11 is 5.97. The third-order valence-corrected chi connectivity index (χ3v) is 5.33. The summed E-state index contributed by atoms with van der Waals surface area (Å²) in [5, 5.41) is 3.51. The lowest BCUT2D eigenvalue weighted by Gasteiger charge is -2.32. The lowest BCUT2D eigenvalue weighted by Crippen LogP contribution is -2.44. The fraction of sp³-hybridized carbons (Fsp3) is 0.231. The van der Waals surface area contributed by atoms with Crippen LogP contribution in [0.4, 0.5) is 4.39 Å². The van der Waals surface area contributed by atoms with Gasteiger partial charge in [-0.2, -0.15) is 0 Å². The van der Waals surface area contributed by atoms with Gasteiger partial charge in [0.05, 0.1) is 6.42 Å². The van der Waals surface area contributed by atoms with Crippen LogP contribution < -0.4 is 5.32 Å². The maximum atomic E-state index is 13.5. The van der Waals surface area contributed by atoms with E-state index in [9.17, 15) is 14.0 Å². The molecule has 0 fully saturated rings. The molecular weight excluding hydrogens is 427 g/mol. The molecule has 6 heteroatoms. The summed E-state index contributed by atoms with van der Waals surface area (Å²) in [5.74, 6) is -0.810. The number of hydrogen-bond donors (Lipinski definition) is 1. The standard InChI is InChI=1S/C26H26ClFN2O2/c1-2-16-29-26(32)25(21-6-4-3-5-7-21)30(18-20-10-14-23(28)15-11-20)24(31)17-19-8-12-22(27)13-9-19/h3-15,25H,2,16-18H2,1H3,(H,29,32)/t25-/m0/s1. The van der Waals surface area contributed by atoms with Crippen LogP contribution in [-0.2, 0) is 22.6 Å². The number of rotatable bonds is 9. The first-order valence-electron chi connectivity index (χ1n) is 10.6. The predicted octanol–water partition coefficient (Wildman–Crippen LogP) is 5.32. The number of hydrogen-bond acceptors (Lipinski definition) is 2. The second-order valence-corrected chi connectivity index (χ2v) is 7.99. The van der Waals surface area contributed by atoms with Crippen molar-refractivity contribution in [3.63, 3.8) is 0 Å². The molecule has 0 aliphatic rings. The van der Waals surface area contributed by atoms with Crippen LogP contribution in [0.25, 0.3) is 0 Å². The minimum Gasteiger partial charge on any atom is -0.354 e. The molecule has 3 aromatic rings. The van der Waals surface area contributed by atoms with Crippen molar-refractivity contribution < 1.29 is 14.0 Å². The Morgan fingerprint density at radius 1 is 0.938 bits per heavy atom. The third kappa shape index (κ3) is 6.41. The Labute approximate surface area is 193 Å². The van der Waals surface area contributed by atoms with E-state index in [0.717, 1.165) is 17.5 Å². The molecule has 0 aliphatic carbocycles. The lowest BCUT2D eigenvalue weighted by molar-refractivity contribution is -0.141. The monoisotopic (exact) mass is 452 g/mol. The lowest BCUT2D eigenvalue weighted by atomic mass is 10.0. The topological polar surface area (TPSA) is 49.4 Å². The van der Waals surface area contributed by atoms with Crippen molar-refractivity contribution in [2.45, 2.75) is 32.4 Å². The molecule has 1 N–H and O–H groups in total. The molecule has 0 unspecified atom stereocenters. The van der Waals surface area contributed by atoms with Crippen LogP contribution in [0, 0.1) is 5.82 Å². The number of benzene rings is 3. The molecule has 4 nitrogen and oxygen atoms in total. The maximum absolute atomic E-state index is 13.5. The molecule has 0 radical (unpaired) electrons. The van der Waals surface area contributed by atoms with Crippen molar-refractivity contribution in [1.29, 1.82) is 0 Å². The van der Waals surface area contributed by atoms with Gasteiger partial charge in [-0.15, -0.1) is 0 Å². The van der Waals surface area contributed by atoms with E-state index in [2.05, 4.69) is 5.32 Å². The second kappa shape index (κ2) is 11.4. The van der Waals surface area contributed by atoms with Crippen molar-refractivity contribution in [2.75, 3.05) is 6.54 Å². The molecule has 2 amide bonds. The van der Waals surface area contributed by atoms with Crippen LogP contribution in [0.3, 0.4) is 0 Å². The average Bonchev–Trinajstić information content (AvgIpc) is 2.80. The molecule has 32 heavy (non-hydrogen) atoms. The first-order valence-corrected chi connectivity index (χ1v) is 11.0. The molecule has 0 aromatic heterocycles. The van der Waals surface area contributed by atoms with Crippen LogP contribution in [0.2, 0.25) is 5.02 Å². The van der Waals surface area contributed by atoms with E-state index in [1.807, 2.05) is 37.3 Å². The van der Waals surface area contributed by atoms with Gasteiger partial charge >= 0.3 is 0 Å². The van der Waals surface area contributed by atoms with Gasteiger partial charge in [0.1, 0.15) is 11.9 Å². The van der Waals surface area contributed by atoms with E-state index in [-0.39, 0.29) is 30.6 Å². The summed E-state index contributed by atoms with van der Waals surface area (Å²) in [6.45, 7) is 2.66. The Hall–Kier alpha value is -3.18. The molecule has 0 spiro atoms. The van der Waals surface area contributed by atoms with Gasteiger partial charge in [0.15, 0.2) is 0 Å². The van der Waals surface area contributed by atoms with Crippen LogP contribution in [-0.4, -0.2) is 23.3 Å². The maximum Gasteiger partial charge on any atom is 0.247 e. The number of nitrogens with zero attached hydrogens (tertiary/aromatic N) is 1. The summed E-state index contributed by atoms with van der Waals surface area (Å²) < 4.78 is 13.4. The van der Waals surface area contributed by atoms with Crippen molar-refractivity contribution in [2.24, 2.45) is 0 Å². The third-order valence-electron chi connectivity index (χ3n) is 5.08. The van der Waals surface area contributed by atoms with Gasteiger partial charge in [-0.3, -0.25) is 9.59 Å². The first kappa shape index (κ1) is 23.5. The molecule has 0 saturated carbocycles. The molecule has 3 aromatic carbocycles. The summed E-state index contributed by atoms with van der Waals surface area (Å²) in [4.78, 5) is 28.3. The van der Waals surface area contributed by atoms with Crippen LogP contribution in [0.1, 0.15) is 36.1 Å². The van der Waals surface area contributed by atoms with Gasteiger partial charge in [0, 0.05) is 18.1 Å². The van der Waals surface area contributed by atoms with E-state index in [4.69, 9.17) is 11.6 Å². The van der Waals surface area contributed by atoms with Crippen LogP contribution in [0.5, 0.6) is 0 Å². The first-order chi connectivity index (χ1) is 15.5. The number of carbonyl (C=O) groups is 2. The Kier molecular flexibility index (Phi) is 8.40. The largest absolute Gasteiger partial charge is 0.354 e. The summed E-state index contributed by atoms with van der Waals surface area (Å²) in [6.07, 6.45) is 0.896. The minimum absolute atomic E-state index is 0.114. The van der Waals surface area contributed by atoms with Crippen molar-refractivity contribution in [1.82, 2.24) is 10.2 Å². The molecule has 0 heterocycles. The molecule has 0 bridgehead atoms. The molecule has 166 valence electrons. The minimum atomic E-state index is -0.812. The van der Waals surface area contributed by atoms with Gasteiger partial charge in [-0.05, 0) is 47.4 Å². The van der Waals surface area contributed by atoms with Crippen molar-refractivity contribution in [3.8, 4) is 0 Å². The quantitative estimate of drug-likeness (QED) is 0.477. The highest BCUT2D eigenvalue weighted by Gasteiger charge is 2.31. The summed E-state index contributed by atoms with van der Waals surface area (Å²) in [7, 11) is 0. The van der Waals surface area contributed by atoms with E-state index in [1.54, 1.807) is 41.3 Å². The van der Waals surface area contributed by atoms with Crippen molar-refractivity contribution in [3.05, 3.63) is 106 Å². The number of halogens is 2. The second-order valence-electron chi connectivity index (χ2n) is 7.56. The number of nitrogens with one attached hydrogen (secondary N) is 1. The Morgan fingerprint density at radius 3 is 2.19 bits per heavy atom. The fourth-order valence-corrected chi connectivity index (χ4v) is 3.57. The average molecular weight is 453 g/mol. The highest BCUT2D eigenvalue weighted by molar-refractivity contribution is 6.30. The smallest absolute Gasteiger partial charge is 0.247 e. The van der Waals surface area contributed by atoms with E-state index >= 15 is 0 Å². The van der Waals surface area contributed by atoms with Gasteiger partial charge < -0.3 is 10.2 Å². The van der Waals surface area contributed by atoms with E-state index < -0.39 is 6.04 Å². The van der Waals surface area contributed by atoms with Gasteiger partial charge in [-0.1, -0.05) is 73.1 Å². The van der Waals surface area contributed by atoms with Gasteiger partial charge in [0.25, 0.3) is 0 Å². The highest BCUT2D eigenvalue weighted by Crippen LogP contribution is 2.25. The summed E-state index contributed by atoms with van der Waals surface area (Å²) in [5.41, 5.74) is 2.25. The summed E-state index contributed by atoms with van der Waals surface area (Å²) in [6, 6.07) is 21.4. The van der Waals surface area contributed by atoms with Gasteiger partial charge in [0.2, 0.25) is 11.8 Å². The molecule has 0 saturated heterocycles. The predicted molar refractivity (Wildman–Crippen MR) is 125 cm³/mol. The van der Waals surface area contributed by atoms with E-state index in [0.29, 0.717) is 17.1 Å². The zero-order valence-corrected chi connectivity index (χ0v) is 18.7. The van der Waals surface area contributed by atoms with E-state index in [1.165, 1.54) is 12.1 Å². The molecule has 3 rings (SSSR count). The fourth-order valence-electron chi connectivity index (χ4n) is 3.44. The number of amides is 2. The zero-order valence-electron chi connectivity index (χ0n) is 17.9. The Balaban J connectivity index is 1.97. The molecular formula is C26H26ClFN2O2. The normalized spacial score (nSPS) is 11.6. The SMILES string of the molecule is CCCNC(=O)[C@H](c1ccccc1)N(Cc1ccc(F)cc1)C(=O)Cc1ccc(Cl)cc1. The Morgan fingerprint density at radius 2 is 1.56 bits per heavy atom. The van der Waals surface area contributed by atoms with Gasteiger partial charge in [-0.25, -0.2) is 4.39 Å². The Bertz CT molecular complexity index is 1020.